The Kier molecular flexibility index (Phi) is 6.48. The van der Waals surface area contributed by atoms with Gasteiger partial charge in [-0.2, -0.15) is 5.10 Å². The predicted molar refractivity (Wildman–Crippen MR) is 141 cm³/mol. The highest BCUT2D eigenvalue weighted by molar-refractivity contribution is 6.03. The van der Waals surface area contributed by atoms with E-state index in [1.165, 1.54) is 11.1 Å². The molecule has 168 valence electrons. The molecule has 0 spiro atoms. The van der Waals surface area contributed by atoms with Gasteiger partial charge in [-0.3, -0.25) is 10.0 Å². The summed E-state index contributed by atoms with van der Waals surface area (Å²) in [5.74, 6) is 0.861. The molecule has 1 aliphatic rings. The SMILES string of the molecule is CCOc1ccc(N=Cc2ccc(N3N=C(c4ccccc4)C[C@H]3c3ccccc3)cc2)cc1. The van der Waals surface area contributed by atoms with Crippen LogP contribution in [-0.2, 0) is 0 Å². The third-order valence-electron chi connectivity index (χ3n) is 5.87. The summed E-state index contributed by atoms with van der Waals surface area (Å²) in [6, 6.07) is 37.4. The average molecular weight is 446 g/mol. The molecule has 5 rings (SSSR count). The van der Waals surface area contributed by atoms with Crippen molar-refractivity contribution in [1.29, 1.82) is 0 Å². The molecular weight excluding hydrogens is 418 g/mol. The summed E-state index contributed by atoms with van der Waals surface area (Å²) >= 11 is 0. The Morgan fingerprint density at radius 2 is 1.53 bits per heavy atom. The topological polar surface area (TPSA) is 37.2 Å². The molecule has 4 aromatic carbocycles. The van der Waals surface area contributed by atoms with Gasteiger partial charge in [0.05, 0.1) is 29.7 Å². The van der Waals surface area contributed by atoms with Crippen molar-refractivity contribution < 1.29 is 4.74 Å². The Morgan fingerprint density at radius 1 is 0.853 bits per heavy atom. The van der Waals surface area contributed by atoms with Crippen LogP contribution in [-0.4, -0.2) is 18.5 Å². The van der Waals surface area contributed by atoms with Gasteiger partial charge in [0.15, 0.2) is 0 Å². The Balaban J connectivity index is 1.38. The smallest absolute Gasteiger partial charge is 0.119 e. The van der Waals surface area contributed by atoms with Crippen LogP contribution < -0.4 is 9.75 Å². The number of nitrogens with zero attached hydrogens (tertiary/aromatic N) is 3. The lowest BCUT2D eigenvalue weighted by atomic mass is 9.98. The molecule has 1 heterocycles. The molecule has 1 aliphatic heterocycles. The lowest BCUT2D eigenvalue weighted by Crippen LogP contribution is -2.18. The zero-order valence-corrected chi connectivity index (χ0v) is 19.2. The number of rotatable bonds is 7. The van der Waals surface area contributed by atoms with Crippen LogP contribution in [0.25, 0.3) is 0 Å². The van der Waals surface area contributed by atoms with E-state index in [1.807, 2.05) is 43.5 Å². The van der Waals surface area contributed by atoms with Gasteiger partial charge in [0, 0.05) is 12.6 Å². The predicted octanol–water partition coefficient (Wildman–Crippen LogP) is 7.19. The van der Waals surface area contributed by atoms with Crippen LogP contribution in [0.4, 0.5) is 11.4 Å². The molecule has 0 amide bonds. The first-order valence-electron chi connectivity index (χ1n) is 11.6. The maximum atomic E-state index is 5.49. The van der Waals surface area contributed by atoms with E-state index in [0.29, 0.717) is 6.61 Å². The fourth-order valence-corrected chi connectivity index (χ4v) is 4.15. The highest BCUT2D eigenvalue weighted by atomic mass is 16.5. The fourth-order valence-electron chi connectivity index (χ4n) is 4.15. The van der Waals surface area contributed by atoms with E-state index < -0.39 is 0 Å². The molecule has 0 radical (unpaired) electrons. The Morgan fingerprint density at radius 3 is 2.21 bits per heavy atom. The van der Waals surface area contributed by atoms with Crippen molar-refractivity contribution in [2.45, 2.75) is 19.4 Å². The minimum atomic E-state index is 0.166. The Bertz CT molecular complexity index is 1260. The summed E-state index contributed by atoms with van der Waals surface area (Å²) in [6.45, 7) is 2.64. The summed E-state index contributed by atoms with van der Waals surface area (Å²) in [7, 11) is 0. The van der Waals surface area contributed by atoms with Crippen molar-refractivity contribution in [2.24, 2.45) is 10.1 Å². The quantitative estimate of drug-likeness (QED) is 0.282. The normalized spacial score (nSPS) is 15.5. The summed E-state index contributed by atoms with van der Waals surface area (Å²) in [5, 5.41) is 7.18. The van der Waals surface area contributed by atoms with Crippen LogP contribution in [0.15, 0.2) is 119 Å². The molecule has 0 unspecified atom stereocenters. The standard InChI is InChI=1S/C30H27N3O/c1-2-34-28-19-15-26(16-20-28)31-22-23-13-17-27(18-14-23)33-30(25-11-7-4-8-12-25)21-29(32-33)24-9-5-3-6-10-24/h3-20,22,30H,2,21H2,1H3/t30-/m0/s1. The fraction of sp³-hybridized carbons (Fsp3) is 0.133. The average Bonchev–Trinajstić information content (AvgIpc) is 3.35. The molecule has 0 aromatic heterocycles. The molecule has 0 N–H and O–H groups in total. The summed E-state index contributed by atoms with van der Waals surface area (Å²) < 4.78 is 5.49. The van der Waals surface area contributed by atoms with Gasteiger partial charge in [-0.25, -0.2) is 0 Å². The van der Waals surface area contributed by atoms with Gasteiger partial charge >= 0.3 is 0 Å². The maximum Gasteiger partial charge on any atom is 0.119 e. The number of hydrazone groups is 1. The molecule has 4 nitrogen and oxygen atoms in total. The van der Waals surface area contributed by atoms with Crippen molar-refractivity contribution in [1.82, 2.24) is 0 Å². The lowest BCUT2D eigenvalue weighted by molar-refractivity contribution is 0.340. The van der Waals surface area contributed by atoms with E-state index in [1.54, 1.807) is 0 Å². The molecule has 4 heteroatoms. The van der Waals surface area contributed by atoms with E-state index in [-0.39, 0.29) is 6.04 Å². The van der Waals surface area contributed by atoms with Crippen molar-refractivity contribution in [3.8, 4) is 5.75 Å². The number of benzene rings is 4. The number of aliphatic imine (C=N–C) groups is 1. The van der Waals surface area contributed by atoms with Gasteiger partial charge in [-0.1, -0.05) is 72.8 Å². The van der Waals surface area contributed by atoms with Crippen LogP contribution in [0.3, 0.4) is 0 Å². The monoisotopic (exact) mass is 445 g/mol. The van der Waals surface area contributed by atoms with Crippen LogP contribution >= 0.6 is 0 Å². The van der Waals surface area contributed by atoms with E-state index in [0.717, 1.165) is 34.8 Å². The minimum Gasteiger partial charge on any atom is -0.494 e. The molecule has 0 bridgehead atoms. The number of ether oxygens (including phenoxy) is 1. The summed E-state index contributed by atoms with van der Waals surface area (Å²) in [6.07, 6.45) is 2.76. The zero-order chi connectivity index (χ0) is 23.2. The molecule has 4 aromatic rings. The highest BCUT2D eigenvalue weighted by Crippen LogP contribution is 2.36. The van der Waals surface area contributed by atoms with E-state index in [4.69, 9.17) is 9.84 Å². The largest absolute Gasteiger partial charge is 0.494 e. The first kappa shape index (κ1) is 21.7. The third kappa shape index (κ3) is 4.91. The van der Waals surface area contributed by atoms with Gasteiger partial charge in [-0.05, 0) is 60.0 Å². The van der Waals surface area contributed by atoms with Gasteiger partial charge < -0.3 is 4.74 Å². The molecule has 0 saturated carbocycles. The number of hydrogen-bond donors (Lipinski definition) is 0. The zero-order valence-electron chi connectivity index (χ0n) is 19.2. The molecule has 1 atom stereocenters. The van der Waals surface area contributed by atoms with Gasteiger partial charge in [-0.15, -0.1) is 0 Å². The van der Waals surface area contributed by atoms with E-state index in [9.17, 15) is 0 Å². The highest BCUT2D eigenvalue weighted by Gasteiger charge is 2.29. The van der Waals surface area contributed by atoms with Gasteiger partial charge in [0.25, 0.3) is 0 Å². The van der Waals surface area contributed by atoms with Crippen molar-refractivity contribution >= 4 is 23.3 Å². The number of hydrogen-bond acceptors (Lipinski definition) is 4. The van der Waals surface area contributed by atoms with E-state index >= 15 is 0 Å². The van der Waals surface area contributed by atoms with Crippen molar-refractivity contribution in [2.75, 3.05) is 11.6 Å². The van der Waals surface area contributed by atoms with E-state index in [2.05, 4.69) is 88.9 Å². The first-order chi connectivity index (χ1) is 16.8. The minimum absolute atomic E-state index is 0.166. The second kappa shape index (κ2) is 10.2. The van der Waals surface area contributed by atoms with Gasteiger partial charge in [0.1, 0.15) is 5.75 Å². The second-order valence-electron chi connectivity index (χ2n) is 8.16. The third-order valence-corrected chi connectivity index (χ3v) is 5.87. The Labute approximate surface area is 200 Å². The van der Waals surface area contributed by atoms with Crippen LogP contribution in [0.2, 0.25) is 0 Å². The van der Waals surface area contributed by atoms with Crippen LogP contribution in [0.5, 0.6) is 5.75 Å². The lowest BCUT2D eigenvalue weighted by Gasteiger charge is -2.24. The first-order valence-corrected chi connectivity index (χ1v) is 11.6. The van der Waals surface area contributed by atoms with Crippen LogP contribution in [0, 0.1) is 0 Å². The second-order valence-corrected chi connectivity index (χ2v) is 8.16. The van der Waals surface area contributed by atoms with Crippen LogP contribution in [0.1, 0.15) is 36.1 Å². The van der Waals surface area contributed by atoms with Crippen molar-refractivity contribution in [3.05, 3.63) is 126 Å². The Hall–Kier alpha value is -4.18. The maximum absolute atomic E-state index is 5.49. The molecule has 0 saturated heterocycles. The molecular formula is C30H27N3O. The summed E-state index contributed by atoms with van der Waals surface area (Å²) in [4.78, 5) is 4.60. The van der Waals surface area contributed by atoms with Gasteiger partial charge in [0.2, 0.25) is 0 Å². The molecule has 0 fully saturated rings. The number of anilines is 1. The molecule has 34 heavy (non-hydrogen) atoms. The molecule has 0 aliphatic carbocycles. The summed E-state index contributed by atoms with van der Waals surface area (Å²) in [5.41, 5.74) is 6.55. The van der Waals surface area contributed by atoms with Crippen molar-refractivity contribution in [3.63, 3.8) is 0 Å².